The van der Waals surface area contributed by atoms with Gasteiger partial charge in [0.2, 0.25) is 5.95 Å². The number of morpholine rings is 1. The van der Waals surface area contributed by atoms with E-state index in [9.17, 15) is 4.79 Å². The van der Waals surface area contributed by atoms with E-state index < -0.39 is 0 Å². The molecule has 0 aliphatic carbocycles. The van der Waals surface area contributed by atoms with Gasteiger partial charge in [0.1, 0.15) is 11.5 Å². The molecule has 0 saturated carbocycles. The molecule has 0 atom stereocenters. The van der Waals surface area contributed by atoms with Gasteiger partial charge in [0.25, 0.3) is 5.91 Å². The second kappa shape index (κ2) is 8.46. The largest absolute Gasteiger partial charge is 0.378 e. The predicted molar refractivity (Wildman–Crippen MR) is 121 cm³/mol. The quantitative estimate of drug-likeness (QED) is 0.756. The fraction of sp³-hybridized carbons (Fsp3) is 0.542. The summed E-state index contributed by atoms with van der Waals surface area (Å²) in [6, 6.07) is 10.9. The van der Waals surface area contributed by atoms with Crippen molar-refractivity contribution < 1.29 is 9.53 Å². The van der Waals surface area contributed by atoms with E-state index in [4.69, 9.17) is 14.7 Å². The van der Waals surface area contributed by atoms with Gasteiger partial charge in [-0.2, -0.15) is 4.98 Å². The first-order valence-corrected chi connectivity index (χ1v) is 11.5. The summed E-state index contributed by atoms with van der Waals surface area (Å²) in [4.78, 5) is 29.3. The molecule has 2 aromatic rings. The van der Waals surface area contributed by atoms with E-state index in [1.54, 1.807) is 0 Å². The van der Waals surface area contributed by atoms with Gasteiger partial charge in [-0.05, 0) is 38.2 Å². The van der Waals surface area contributed by atoms with Crippen LogP contribution in [0.15, 0.2) is 30.3 Å². The van der Waals surface area contributed by atoms with Gasteiger partial charge in [0.05, 0.1) is 19.8 Å². The van der Waals surface area contributed by atoms with Gasteiger partial charge in [-0.15, -0.1) is 0 Å². The van der Waals surface area contributed by atoms with Crippen molar-refractivity contribution in [1.29, 1.82) is 0 Å². The number of piperidine rings is 1. The first kappa shape index (κ1) is 20.2. The molecule has 2 fully saturated rings. The first-order chi connectivity index (χ1) is 15.1. The highest BCUT2D eigenvalue weighted by Crippen LogP contribution is 2.36. The molecule has 1 aromatic heterocycles. The van der Waals surface area contributed by atoms with E-state index in [1.165, 1.54) is 5.56 Å². The minimum atomic E-state index is 0.0299. The second-order valence-electron chi connectivity index (χ2n) is 8.97. The van der Waals surface area contributed by atoms with Gasteiger partial charge in [-0.3, -0.25) is 4.79 Å². The Bertz CT molecular complexity index is 934. The summed E-state index contributed by atoms with van der Waals surface area (Å²) in [6.45, 7) is 9.48. The molecule has 3 aliphatic rings. The van der Waals surface area contributed by atoms with Crippen LogP contribution in [0.5, 0.6) is 0 Å². The molecular formula is C24H31N5O2. The van der Waals surface area contributed by atoms with E-state index in [-0.39, 0.29) is 11.9 Å². The lowest BCUT2D eigenvalue weighted by atomic mass is 9.89. The molecule has 4 heterocycles. The predicted octanol–water partition coefficient (Wildman–Crippen LogP) is 3.06. The third-order valence-electron chi connectivity index (χ3n) is 6.75. The van der Waals surface area contributed by atoms with Gasteiger partial charge in [-0.25, -0.2) is 4.98 Å². The number of nitrogens with zero attached hydrogens (tertiary/aromatic N) is 5. The highest BCUT2D eigenvalue weighted by atomic mass is 16.5. The van der Waals surface area contributed by atoms with Crippen LogP contribution in [0.1, 0.15) is 54.2 Å². The van der Waals surface area contributed by atoms with Crippen LogP contribution >= 0.6 is 0 Å². The number of carbonyl (C=O) groups excluding carboxylic acids is 1. The molecule has 0 unspecified atom stereocenters. The number of benzene rings is 1. The zero-order chi connectivity index (χ0) is 21.4. The molecule has 31 heavy (non-hydrogen) atoms. The minimum Gasteiger partial charge on any atom is -0.378 e. The molecule has 0 spiro atoms. The lowest BCUT2D eigenvalue weighted by Crippen LogP contribution is -2.39. The Hall–Kier alpha value is -2.67. The Morgan fingerprint density at radius 1 is 0.968 bits per heavy atom. The number of anilines is 2. The van der Waals surface area contributed by atoms with Crippen LogP contribution in [0.2, 0.25) is 0 Å². The first-order valence-electron chi connectivity index (χ1n) is 11.5. The zero-order valence-corrected chi connectivity index (χ0v) is 18.5. The Kier molecular flexibility index (Phi) is 5.52. The minimum absolute atomic E-state index is 0.0299. The van der Waals surface area contributed by atoms with E-state index in [0.717, 1.165) is 50.4 Å². The van der Waals surface area contributed by atoms with Crippen molar-refractivity contribution in [2.45, 2.75) is 45.2 Å². The highest BCUT2D eigenvalue weighted by molar-refractivity contribution is 5.98. The molecule has 3 aliphatic heterocycles. The Morgan fingerprint density at radius 3 is 2.35 bits per heavy atom. The molecule has 1 amide bonds. The topological polar surface area (TPSA) is 61.8 Å². The van der Waals surface area contributed by atoms with Gasteiger partial charge in [-0.1, -0.05) is 30.3 Å². The molecule has 164 valence electrons. The molecule has 0 N–H and O–H groups in total. The Labute approximate surface area is 184 Å². The summed E-state index contributed by atoms with van der Waals surface area (Å²) in [5, 5.41) is 0. The summed E-state index contributed by atoms with van der Waals surface area (Å²) in [6.07, 6.45) is 2.19. The number of aromatic nitrogens is 2. The van der Waals surface area contributed by atoms with Gasteiger partial charge >= 0.3 is 0 Å². The lowest BCUT2D eigenvalue weighted by Gasteiger charge is -2.35. The maximum Gasteiger partial charge on any atom is 0.273 e. The van der Waals surface area contributed by atoms with Crippen LogP contribution in [0.25, 0.3) is 0 Å². The molecular weight excluding hydrogens is 390 g/mol. The van der Waals surface area contributed by atoms with Crippen LogP contribution < -0.4 is 9.80 Å². The third-order valence-corrected chi connectivity index (χ3v) is 6.75. The SMILES string of the molecule is CC(C)N1Cc2c(nc(N3CCOCC3)nc2N2CCC(c3ccccc3)CC2)C1=O. The van der Waals surface area contributed by atoms with E-state index in [1.807, 2.05) is 4.90 Å². The molecule has 0 radical (unpaired) electrons. The molecule has 0 bridgehead atoms. The molecule has 5 rings (SSSR count). The number of amides is 1. The average molecular weight is 422 g/mol. The maximum absolute atomic E-state index is 13.1. The van der Waals surface area contributed by atoms with Crippen LogP contribution in [-0.2, 0) is 11.3 Å². The highest BCUT2D eigenvalue weighted by Gasteiger charge is 2.37. The van der Waals surface area contributed by atoms with Crippen molar-refractivity contribution in [3.63, 3.8) is 0 Å². The summed E-state index contributed by atoms with van der Waals surface area (Å²) in [5.41, 5.74) is 3.00. The number of ether oxygens (including phenoxy) is 1. The summed E-state index contributed by atoms with van der Waals surface area (Å²) in [7, 11) is 0. The number of hydrogen-bond acceptors (Lipinski definition) is 6. The van der Waals surface area contributed by atoms with Crippen LogP contribution in [0, 0.1) is 0 Å². The van der Waals surface area contributed by atoms with Crippen molar-refractivity contribution in [2.75, 3.05) is 49.2 Å². The summed E-state index contributed by atoms with van der Waals surface area (Å²) >= 11 is 0. The normalized spacial score (nSPS) is 20.0. The van der Waals surface area contributed by atoms with E-state index >= 15 is 0 Å². The lowest BCUT2D eigenvalue weighted by molar-refractivity contribution is 0.0726. The fourth-order valence-corrected chi connectivity index (χ4v) is 4.89. The number of fused-ring (bicyclic) bond motifs is 1. The zero-order valence-electron chi connectivity index (χ0n) is 18.5. The fourth-order valence-electron chi connectivity index (χ4n) is 4.89. The van der Waals surface area contributed by atoms with Crippen molar-refractivity contribution in [2.24, 2.45) is 0 Å². The number of carbonyl (C=O) groups is 1. The smallest absolute Gasteiger partial charge is 0.273 e. The molecule has 1 aromatic carbocycles. The monoisotopic (exact) mass is 421 g/mol. The molecule has 7 heteroatoms. The summed E-state index contributed by atoms with van der Waals surface area (Å²) in [5.74, 6) is 2.23. The molecule has 2 saturated heterocycles. The van der Waals surface area contributed by atoms with Gasteiger partial charge in [0, 0.05) is 37.8 Å². The van der Waals surface area contributed by atoms with E-state index in [2.05, 4.69) is 54.0 Å². The van der Waals surface area contributed by atoms with Crippen molar-refractivity contribution in [3.05, 3.63) is 47.2 Å². The van der Waals surface area contributed by atoms with Crippen LogP contribution in [0.4, 0.5) is 11.8 Å². The number of hydrogen-bond donors (Lipinski definition) is 0. The van der Waals surface area contributed by atoms with Crippen molar-refractivity contribution in [1.82, 2.24) is 14.9 Å². The van der Waals surface area contributed by atoms with E-state index in [0.29, 0.717) is 37.3 Å². The van der Waals surface area contributed by atoms with Gasteiger partial charge in [0.15, 0.2) is 0 Å². The third kappa shape index (κ3) is 3.87. The average Bonchev–Trinajstić information content (AvgIpc) is 3.16. The molecule has 7 nitrogen and oxygen atoms in total. The number of rotatable bonds is 4. The van der Waals surface area contributed by atoms with Crippen molar-refractivity contribution in [3.8, 4) is 0 Å². The Morgan fingerprint density at radius 2 is 1.68 bits per heavy atom. The maximum atomic E-state index is 13.1. The van der Waals surface area contributed by atoms with Crippen LogP contribution in [-0.4, -0.2) is 66.2 Å². The summed E-state index contributed by atoms with van der Waals surface area (Å²) < 4.78 is 5.50. The standard InChI is InChI=1S/C24H31N5O2/c1-17(2)29-16-20-21(23(29)30)25-24(28-12-14-31-15-13-28)26-22(20)27-10-8-19(9-11-27)18-6-4-3-5-7-18/h3-7,17,19H,8-16H2,1-2H3. The van der Waals surface area contributed by atoms with Gasteiger partial charge < -0.3 is 19.4 Å². The van der Waals surface area contributed by atoms with Crippen molar-refractivity contribution >= 4 is 17.7 Å². The van der Waals surface area contributed by atoms with Crippen LogP contribution in [0.3, 0.4) is 0 Å². The Balaban J connectivity index is 1.44. The second-order valence-corrected chi connectivity index (χ2v) is 8.97.